The molecule has 0 saturated heterocycles. The molecule has 2 aromatic carbocycles. The number of hydrogen-bond acceptors (Lipinski definition) is 5. The lowest BCUT2D eigenvalue weighted by molar-refractivity contribution is 0.0343. The van der Waals surface area contributed by atoms with Crippen LogP contribution in [-0.4, -0.2) is 71.8 Å². The monoisotopic (exact) mass is 550 g/mol. The van der Waals surface area contributed by atoms with Crippen molar-refractivity contribution in [1.29, 1.82) is 0 Å². The van der Waals surface area contributed by atoms with Crippen LogP contribution in [0.1, 0.15) is 43.6 Å². The fourth-order valence-electron chi connectivity index (χ4n) is 4.30. The molecule has 202 valence electrons. The van der Waals surface area contributed by atoms with Gasteiger partial charge >= 0.3 is 6.03 Å². The van der Waals surface area contributed by atoms with Gasteiger partial charge in [-0.25, -0.2) is 4.79 Å². The minimum Gasteiger partial charge on any atom is -0.486 e. The summed E-state index contributed by atoms with van der Waals surface area (Å²) in [5.74, 6) is -0.000126. The highest BCUT2D eigenvalue weighted by atomic mass is 35.5. The molecule has 0 spiro atoms. The second-order valence-corrected chi connectivity index (χ2v) is 10.8. The lowest BCUT2D eigenvalue weighted by atomic mass is 9.99. The quantitative estimate of drug-likeness (QED) is 0.435. The van der Waals surface area contributed by atoms with Gasteiger partial charge in [-0.3, -0.25) is 9.69 Å². The van der Waals surface area contributed by atoms with Crippen LogP contribution in [0.25, 0.3) is 0 Å². The minimum absolute atomic E-state index is 0.0586. The highest BCUT2D eigenvalue weighted by molar-refractivity contribution is 6.42. The van der Waals surface area contributed by atoms with Crippen molar-refractivity contribution in [3.8, 4) is 5.75 Å². The third-order valence-electron chi connectivity index (χ3n) is 6.29. The topological polar surface area (TPSA) is 94.1 Å². The van der Waals surface area contributed by atoms with Crippen LogP contribution in [0.4, 0.5) is 10.5 Å². The van der Waals surface area contributed by atoms with Gasteiger partial charge in [-0.2, -0.15) is 0 Å². The van der Waals surface area contributed by atoms with Gasteiger partial charge in [0.15, 0.2) is 5.75 Å². The molecule has 0 aromatic heterocycles. The maximum Gasteiger partial charge on any atom is 0.319 e. The number of halogens is 2. The van der Waals surface area contributed by atoms with Gasteiger partial charge in [0.2, 0.25) is 0 Å². The van der Waals surface area contributed by atoms with Crippen LogP contribution in [-0.2, 0) is 6.54 Å². The lowest BCUT2D eigenvalue weighted by Crippen LogP contribution is -2.49. The Morgan fingerprint density at radius 2 is 1.95 bits per heavy atom. The van der Waals surface area contributed by atoms with Crippen molar-refractivity contribution in [3.63, 3.8) is 0 Å². The number of para-hydroxylation sites is 1. The maximum absolute atomic E-state index is 13.6. The number of urea groups is 1. The summed E-state index contributed by atoms with van der Waals surface area (Å²) in [5, 5.41) is 16.5. The third-order valence-corrected chi connectivity index (χ3v) is 7.03. The van der Waals surface area contributed by atoms with E-state index in [4.69, 9.17) is 27.9 Å². The molecule has 0 bridgehead atoms. The number of nitrogens with one attached hydrogen (secondary N) is 2. The number of amides is 3. The van der Waals surface area contributed by atoms with Crippen molar-refractivity contribution in [1.82, 2.24) is 15.1 Å². The van der Waals surface area contributed by atoms with E-state index in [1.165, 1.54) is 0 Å². The molecular formula is C27H36Cl2N4O4. The zero-order chi connectivity index (χ0) is 27.3. The first-order valence-electron chi connectivity index (χ1n) is 12.4. The molecule has 1 aliphatic rings. The van der Waals surface area contributed by atoms with Crippen LogP contribution in [0.15, 0.2) is 36.4 Å². The first-order valence-corrected chi connectivity index (χ1v) is 13.2. The van der Waals surface area contributed by atoms with E-state index in [2.05, 4.69) is 15.5 Å². The molecule has 1 heterocycles. The number of likely N-dealkylation sites (N-methyl/N-ethyl adjacent to an activating group) is 1. The molecule has 2 aromatic rings. The zero-order valence-corrected chi connectivity index (χ0v) is 23.4. The number of hydrogen-bond donors (Lipinski definition) is 3. The first kappa shape index (κ1) is 29.0. The van der Waals surface area contributed by atoms with Crippen molar-refractivity contribution in [2.24, 2.45) is 5.92 Å². The summed E-state index contributed by atoms with van der Waals surface area (Å²) in [6.45, 7) is 8.98. The summed E-state index contributed by atoms with van der Waals surface area (Å²) >= 11 is 12.3. The van der Waals surface area contributed by atoms with E-state index in [0.29, 0.717) is 46.7 Å². The molecule has 10 heteroatoms. The average Bonchev–Trinajstić information content (AvgIpc) is 2.83. The van der Waals surface area contributed by atoms with Crippen LogP contribution < -0.4 is 15.4 Å². The van der Waals surface area contributed by atoms with Gasteiger partial charge in [-0.15, -0.1) is 0 Å². The molecule has 3 amide bonds. The Morgan fingerprint density at radius 3 is 2.59 bits per heavy atom. The van der Waals surface area contributed by atoms with Crippen LogP contribution in [0.3, 0.4) is 0 Å². The molecule has 3 rings (SSSR count). The number of carbonyl (C=O) groups is 2. The van der Waals surface area contributed by atoms with Gasteiger partial charge in [0.05, 0.1) is 33.9 Å². The Bertz CT molecular complexity index is 1110. The van der Waals surface area contributed by atoms with Gasteiger partial charge in [-0.05, 0) is 57.6 Å². The number of anilines is 1. The molecular weight excluding hydrogens is 515 g/mol. The SMILES string of the molecule is CC(C)NC(=O)Nc1cccc2c1O[C@@H](CN(C)Cc1ccc(Cl)c(Cl)c1)[C@@H](C)CN([C@H](C)CO)C2=O. The number of benzene rings is 2. The number of fused-ring (bicyclic) bond motifs is 1. The summed E-state index contributed by atoms with van der Waals surface area (Å²) in [6, 6.07) is 9.84. The fraction of sp³-hybridized carbons (Fsp3) is 0.481. The van der Waals surface area contributed by atoms with E-state index in [-0.39, 0.29) is 42.7 Å². The fourth-order valence-corrected chi connectivity index (χ4v) is 4.62. The Hall–Kier alpha value is -2.52. The van der Waals surface area contributed by atoms with Crippen LogP contribution in [0, 0.1) is 5.92 Å². The van der Waals surface area contributed by atoms with Gasteiger partial charge in [0.1, 0.15) is 6.10 Å². The second kappa shape index (κ2) is 12.8. The van der Waals surface area contributed by atoms with Gasteiger partial charge in [-0.1, -0.05) is 42.3 Å². The summed E-state index contributed by atoms with van der Waals surface area (Å²) in [4.78, 5) is 29.9. The van der Waals surface area contributed by atoms with Crippen molar-refractivity contribution in [3.05, 3.63) is 57.6 Å². The Morgan fingerprint density at radius 1 is 1.22 bits per heavy atom. The smallest absolute Gasteiger partial charge is 0.319 e. The summed E-state index contributed by atoms with van der Waals surface area (Å²) in [6.07, 6.45) is -0.316. The molecule has 8 nitrogen and oxygen atoms in total. The van der Waals surface area contributed by atoms with Crippen molar-refractivity contribution in [2.45, 2.75) is 52.4 Å². The third kappa shape index (κ3) is 7.51. The van der Waals surface area contributed by atoms with E-state index >= 15 is 0 Å². The number of nitrogens with zero attached hydrogens (tertiary/aromatic N) is 2. The maximum atomic E-state index is 13.6. The number of ether oxygens (including phenoxy) is 1. The second-order valence-electron chi connectivity index (χ2n) is 10.0. The summed E-state index contributed by atoms with van der Waals surface area (Å²) in [5.41, 5.74) is 1.76. The number of carbonyl (C=O) groups excluding carboxylic acids is 2. The Labute approximate surface area is 228 Å². The van der Waals surface area contributed by atoms with E-state index in [1.54, 1.807) is 29.2 Å². The first-order chi connectivity index (χ1) is 17.5. The molecule has 0 aliphatic carbocycles. The van der Waals surface area contributed by atoms with E-state index in [9.17, 15) is 14.7 Å². The molecule has 37 heavy (non-hydrogen) atoms. The number of aliphatic hydroxyl groups excluding tert-OH is 1. The van der Waals surface area contributed by atoms with E-state index < -0.39 is 0 Å². The van der Waals surface area contributed by atoms with Crippen molar-refractivity contribution >= 4 is 40.8 Å². The zero-order valence-electron chi connectivity index (χ0n) is 21.9. The van der Waals surface area contributed by atoms with Crippen molar-refractivity contribution in [2.75, 3.05) is 32.1 Å². The summed E-state index contributed by atoms with van der Waals surface area (Å²) < 4.78 is 6.53. The Balaban J connectivity index is 1.94. The molecule has 1 aliphatic heterocycles. The van der Waals surface area contributed by atoms with Crippen LogP contribution in [0.2, 0.25) is 10.0 Å². The van der Waals surface area contributed by atoms with Gasteiger partial charge in [0.25, 0.3) is 5.91 Å². The molecule has 0 saturated carbocycles. The molecule has 3 N–H and O–H groups in total. The molecule has 0 radical (unpaired) electrons. The van der Waals surface area contributed by atoms with E-state index in [0.717, 1.165) is 5.56 Å². The highest BCUT2D eigenvalue weighted by Crippen LogP contribution is 2.35. The van der Waals surface area contributed by atoms with E-state index in [1.807, 2.05) is 46.9 Å². The van der Waals surface area contributed by atoms with Crippen LogP contribution >= 0.6 is 23.2 Å². The van der Waals surface area contributed by atoms with Gasteiger partial charge < -0.3 is 25.4 Å². The van der Waals surface area contributed by atoms with Gasteiger partial charge in [0, 0.05) is 31.6 Å². The number of rotatable bonds is 8. The predicted octanol–water partition coefficient (Wildman–Crippen LogP) is 4.88. The van der Waals surface area contributed by atoms with Crippen LogP contribution in [0.5, 0.6) is 5.75 Å². The summed E-state index contributed by atoms with van der Waals surface area (Å²) in [7, 11) is 1.98. The highest BCUT2D eigenvalue weighted by Gasteiger charge is 2.34. The molecule has 0 unspecified atom stereocenters. The lowest BCUT2D eigenvalue weighted by Gasteiger charge is -2.38. The average molecular weight is 552 g/mol. The molecule has 0 fully saturated rings. The standard InChI is InChI=1S/C27H36Cl2N4O4/c1-16(2)30-27(36)31-23-8-6-7-20-25(23)37-24(17(3)12-33(26(20)35)18(4)15-34)14-32(5)13-19-9-10-21(28)22(29)11-19/h6-11,16-18,24,34H,12-15H2,1-5H3,(H2,30,31,36)/t17-,18+,24-/m0/s1. The predicted molar refractivity (Wildman–Crippen MR) is 148 cm³/mol. The molecule has 3 atom stereocenters. The Kier molecular flexibility index (Phi) is 10.1. The largest absolute Gasteiger partial charge is 0.486 e. The minimum atomic E-state index is -0.386. The number of aliphatic hydroxyl groups is 1. The normalized spacial score (nSPS) is 18.6. The van der Waals surface area contributed by atoms with Crippen molar-refractivity contribution < 1.29 is 19.4 Å².